The van der Waals surface area contributed by atoms with E-state index in [0.29, 0.717) is 5.69 Å². The number of rotatable bonds is 2. The Kier molecular flexibility index (Phi) is 2.83. The molecule has 0 spiro atoms. The van der Waals surface area contributed by atoms with Gasteiger partial charge in [0.1, 0.15) is 16.9 Å². The topological polar surface area (TPSA) is 52.3 Å². The summed E-state index contributed by atoms with van der Waals surface area (Å²) in [6.45, 7) is 1.86. The Hall–Kier alpha value is -2.14. The molecule has 0 aliphatic carbocycles. The number of carbonyl (C=O) groups excluding carboxylic acids is 1. The zero-order valence-corrected chi connectivity index (χ0v) is 11.3. The minimum absolute atomic E-state index is 0.368. The van der Waals surface area contributed by atoms with Crippen LogP contribution in [0.25, 0.3) is 21.5 Å². The minimum Gasteiger partial charge on any atom is -0.464 e. The van der Waals surface area contributed by atoms with Crippen molar-refractivity contribution in [2.24, 2.45) is 0 Å². The van der Waals surface area contributed by atoms with Crippen LogP contribution in [0.4, 0.5) is 0 Å². The molecule has 0 unspecified atom stereocenters. The van der Waals surface area contributed by atoms with Gasteiger partial charge in [-0.2, -0.15) is 0 Å². The number of aryl methyl sites for hydroxylation is 1. The number of thiazole rings is 1. The second kappa shape index (κ2) is 4.51. The van der Waals surface area contributed by atoms with Crippen molar-refractivity contribution < 1.29 is 13.9 Å². The van der Waals surface area contributed by atoms with Crippen LogP contribution in [0.5, 0.6) is 0 Å². The fraction of sp³-hybridized carbons (Fsp3) is 0.143. The standard InChI is InChI=1S/C14H11NO3S/c1-8-12(14(16)17-2)15-13(19-8)10-7-18-11-6-4-3-5-9(10)11/h3-7H,1-2H3. The van der Waals surface area contributed by atoms with Crippen molar-refractivity contribution >= 4 is 28.3 Å². The molecule has 2 aromatic heterocycles. The first kappa shape index (κ1) is 11.9. The number of hydrogen-bond donors (Lipinski definition) is 0. The third-order valence-corrected chi connectivity index (χ3v) is 3.89. The Morgan fingerprint density at radius 1 is 1.37 bits per heavy atom. The van der Waals surface area contributed by atoms with Crippen LogP contribution in [0.15, 0.2) is 34.9 Å². The van der Waals surface area contributed by atoms with Crippen LogP contribution < -0.4 is 0 Å². The maximum Gasteiger partial charge on any atom is 0.357 e. The van der Waals surface area contributed by atoms with E-state index < -0.39 is 5.97 Å². The van der Waals surface area contributed by atoms with E-state index in [1.54, 1.807) is 6.26 Å². The molecule has 19 heavy (non-hydrogen) atoms. The van der Waals surface area contributed by atoms with E-state index in [9.17, 15) is 4.79 Å². The Morgan fingerprint density at radius 3 is 2.95 bits per heavy atom. The molecular weight excluding hydrogens is 262 g/mol. The first-order valence-electron chi connectivity index (χ1n) is 5.73. The molecule has 0 saturated heterocycles. The molecule has 96 valence electrons. The molecule has 5 heteroatoms. The molecule has 0 radical (unpaired) electrons. The molecule has 0 aliphatic rings. The molecule has 1 aromatic carbocycles. The maximum absolute atomic E-state index is 11.6. The van der Waals surface area contributed by atoms with Gasteiger partial charge in [-0.25, -0.2) is 9.78 Å². The fourth-order valence-corrected chi connectivity index (χ4v) is 2.86. The lowest BCUT2D eigenvalue weighted by Crippen LogP contribution is -2.03. The van der Waals surface area contributed by atoms with Gasteiger partial charge < -0.3 is 9.15 Å². The zero-order chi connectivity index (χ0) is 13.4. The molecule has 0 atom stereocenters. The average molecular weight is 273 g/mol. The number of ether oxygens (including phenoxy) is 1. The van der Waals surface area contributed by atoms with Crippen LogP contribution in [0.3, 0.4) is 0 Å². The van der Waals surface area contributed by atoms with Gasteiger partial charge in [-0.05, 0) is 13.0 Å². The van der Waals surface area contributed by atoms with Gasteiger partial charge in [0.2, 0.25) is 0 Å². The van der Waals surface area contributed by atoms with Crippen LogP contribution in [0.2, 0.25) is 0 Å². The smallest absolute Gasteiger partial charge is 0.357 e. The van der Waals surface area contributed by atoms with E-state index >= 15 is 0 Å². The van der Waals surface area contributed by atoms with Crippen molar-refractivity contribution in [1.29, 1.82) is 0 Å². The van der Waals surface area contributed by atoms with E-state index in [4.69, 9.17) is 9.15 Å². The number of benzene rings is 1. The van der Waals surface area contributed by atoms with Crippen LogP contribution in [-0.4, -0.2) is 18.1 Å². The van der Waals surface area contributed by atoms with Crippen molar-refractivity contribution in [2.45, 2.75) is 6.92 Å². The number of aromatic nitrogens is 1. The highest BCUT2D eigenvalue weighted by Gasteiger charge is 2.18. The Balaban J connectivity index is 2.15. The number of carbonyl (C=O) groups is 1. The van der Waals surface area contributed by atoms with Crippen molar-refractivity contribution in [2.75, 3.05) is 7.11 Å². The molecule has 0 amide bonds. The molecule has 0 bridgehead atoms. The van der Waals surface area contributed by atoms with Crippen LogP contribution in [0.1, 0.15) is 15.4 Å². The van der Waals surface area contributed by atoms with Crippen molar-refractivity contribution in [1.82, 2.24) is 4.98 Å². The highest BCUT2D eigenvalue weighted by atomic mass is 32.1. The SMILES string of the molecule is COC(=O)c1nc(-c2coc3ccccc23)sc1C. The van der Waals surface area contributed by atoms with Crippen molar-refractivity contribution in [3.8, 4) is 10.6 Å². The number of hydrogen-bond acceptors (Lipinski definition) is 5. The maximum atomic E-state index is 11.6. The fourth-order valence-electron chi connectivity index (χ4n) is 1.94. The lowest BCUT2D eigenvalue weighted by molar-refractivity contribution is 0.0594. The number of esters is 1. The van der Waals surface area contributed by atoms with Gasteiger partial charge in [0.05, 0.1) is 12.7 Å². The van der Waals surface area contributed by atoms with Crippen LogP contribution in [-0.2, 0) is 4.74 Å². The van der Waals surface area contributed by atoms with E-state index in [1.165, 1.54) is 18.4 Å². The third kappa shape index (κ3) is 1.92. The molecular formula is C14H11NO3S. The molecule has 0 aliphatic heterocycles. The van der Waals surface area contributed by atoms with Gasteiger partial charge in [-0.3, -0.25) is 0 Å². The average Bonchev–Trinajstić information content (AvgIpc) is 3.01. The Morgan fingerprint density at radius 2 is 2.16 bits per heavy atom. The lowest BCUT2D eigenvalue weighted by atomic mass is 10.2. The third-order valence-electron chi connectivity index (χ3n) is 2.89. The predicted molar refractivity (Wildman–Crippen MR) is 73.4 cm³/mol. The van der Waals surface area contributed by atoms with Gasteiger partial charge in [0, 0.05) is 10.3 Å². The minimum atomic E-state index is -0.409. The summed E-state index contributed by atoms with van der Waals surface area (Å²) in [5.74, 6) is -0.409. The highest BCUT2D eigenvalue weighted by molar-refractivity contribution is 7.15. The quantitative estimate of drug-likeness (QED) is 0.669. The molecule has 0 N–H and O–H groups in total. The van der Waals surface area contributed by atoms with Crippen molar-refractivity contribution in [3.05, 3.63) is 41.1 Å². The molecule has 3 aromatic rings. The van der Waals surface area contributed by atoms with Crippen molar-refractivity contribution in [3.63, 3.8) is 0 Å². The molecule has 4 nitrogen and oxygen atoms in total. The summed E-state index contributed by atoms with van der Waals surface area (Å²) in [5.41, 5.74) is 2.08. The van der Waals surface area contributed by atoms with Gasteiger partial charge in [-0.1, -0.05) is 18.2 Å². The van der Waals surface area contributed by atoms with Crippen LogP contribution in [0, 0.1) is 6.92 Å². The van der Waals surface area contributed by atoms with Gasteiger partial charge in [0.25, 0.3) is 0 Å². The highest BCUT2D eigenvalue weighted by Crippen LogP contribution is 2.34. The van der Waals surface area contributed by atoms with Crippen LogP contribution >= 0.6 is 11.3 Å². The molecule has 2 heterocycles. The predicted octanol–water partition coefficient (Wildman–Crippen LogP) is 3.65. The lowest BCUT2D eigenvalue weighted by Gasteiger charge is -1.94. The number of para-hydroxylation sites is 1. The molecule has 0 saturated carbocycles. The zero-order valence-electron chi connectivity index (χ0n) is 10.5. The monoisotopic (exact) mass is 273 g/mol. The second-order valence-electron chi connectivity index (χ2n) is 4.06. The number of furan rings is 1. The van der Waals surface area contributed by atoms with Gasteiger partial charge >= 0.3 is 5.97 Å². The van der Waals surface area contributed by atoms with Gasteiger partial charge in [0.15, 0.2) is 5.69 Å². The summed E-state index contributed by atoms with van der Waals surface area (Å²) >= 11 is 1.46. The summed E-state index contributed by atoms with van der Waals surface area (Å²) in [6.07, 6.45) is 1.67. The largest absolute Gasteiger partial charge is 0.464 e. The van der Waals surface area contributed by atoms with E-state index in [-0.39, 0.29) is 0 Å². The summed E-state index contributed by atoms with van der Waals surface area (Å²) in [5, 5.41) is 1.76. The van der Waals surface area contributed by atoms with E-state index in [2.05, 4.69) is 4.98 Å². The first-order valence-corrected chi connectivity index (χ1v) is 6.54. The number of nitrogens with zero attached hydrogens (tertiary/aromatic N) is 1. The van der Waals surface area contributed by atoms with E-state index in [1.807, 2.05) is 31.2 Å². The first-order chi connectivity index (χ1) is 9.20. The summed E-state index contributed by atoms with van der Waals surface area (Å²) in [4.78, 5) is 16.8. The molecule has 3 rings (SSSR count). The molecule has 0 fully saturated rings. The number of methoxy groups -OCH3 is 1. The Bertz CT molecular complexity index is 757. The summed E-state index contributed by atoms with van der Waals surface area (Å²) < 4.78 is 10.2. The number of fused-ring (bicyclic) bond motifs is 1. The summed E-state index contributed by atoms with van der Waals surface area (Å²) in [7, 11) is 1.36. The second-order valence-corrected chi connectivity index (χ2v) is 5.26. The normalized spacial score (nSPS) is 10.8. The summed E-state index contributed by atoms with van der Waals surface area (Å²) in [6, 6.07) is 7.74. The Labute approximate surface area is 113 Å². The van der Waals surface area contributed by atoms with Gasteiger partial charge in [-0.15, -0.1) is 11.3 Å². The van der Waals surface area contributed by atoms with E-state index in [0.717, 1.165) is 26.4 Å².